The van der Waals surface area contributed by atoms with E-state index in [0.717, 1.165) is 0 Å². The second kappa shape index (κ2) is 9.47. The maximum absolute atomic E-state index is 13.3. The Morgan fingerprint density at radius 3 is 2.00 bits per heavy atom. The molecule has 1 saturated heterocycles. The summed E-state index contributed by atoms with van der Waals surface area (Å²) in [5, 5.41) is 0. The van der Waals surface area contributed by atoms with Gasteiger partial charge in [0.2, 0.25) is 11.8 Å². The van der Waals surface area contributed by atoms with E-state index < -0.39 is 17.5 Å². The Balaban J connectivity index is 1.66. The van der Waals surface area contributed by atoms with E-state index in [0.29, 0.717) is 37.2 Å². The molecule has 0 saturated carbocycles. The van der Waals surface area contributed by atoms with Crippen molar-refractivity contribution >= 4 is 23.4 Å². The van der Waals surface area contributed by atoms with Gasteiger partial charge in [0.25, 0.3) is 5.91 Å². The molecule has 8 heteroatoms. The van der Waals surface area contributed by atoms with E-state index in [-0.39, 0.29) is 30.7 Å². The van der Waals surface area contributed by atoms with Crippen LogP contribution in [-0.4, -0.2) is 42.3 Å². The average molecular weight is 415 g/mol. The number of carbonyl (C=O) groups excluding carboxylic acids is 3. The van der Waals surface area contributed by atoms with Crippen molar-refractivity contribution in [2.75, 3.05) is 24.5 Å². The largest absolute Gasteiger partial charge is 0.370 e. The number of rotatable bonds is 6. The fourth-order valence-corrected chi connectivity index (χ4v) is 3.53. The molecule has 2 N–H and O–H groups in total. The molecule has 0 unspecified atom stereocenters. The van der Waals surface area contributed by atoms with Gasteiger partial charge in [-0.1, -0.05) is 0 Å². The number of piperidine rings is 1. The zero-order valence-electron chi connectivity index (χ0n) is 16.4. The van der Waals surface area contributed by atoms with Crippen LogP contribution in [0.25, 0.3) is 0 Å². The summed E-state index contributed by atoms with van der Waals surface area (Å²) in [6, 6.07) is 10.8. The molecule has 0 bridgehead atoms. The Bertz CT molecular complexity index is 908. The Hall–Kier alpha value is -3.29. The smallest absolute Gasteiger partial charge is 0.253 e. The van der Waals surface area contributed by atoms with Crippen molar-refractivity contribution in [3.8, 4) is 0 Å². The summed E-state index contributed by atoms with van der Waals surface area (Å²) in [6.45, 7) is 0.883. The number of carbonyl (C=O) groups is 3. The van der Waals surface area contributed by atoms with Crippen LogP contribution in [0.4, 0.5) is 14.5 Å². The monoisotopic (exact) mass is 415 g/mol. The van der Waals surface area contributed by atoms with Crippen molar-refractivity contribution in [2.45, 2.75) is 19.3 Å². The molecule has 3 amide bonds. The fraction of sp³-hybridized carbons (Fsp3) is 0.318. The minimum Gasteiger partial charge on any atom is -0.370 e. The van der Waals surface area contributed by atoms with Crippen molar-refractivity contribution in [3.05, 3.63) is 65.7 Å². The highest BCUT2D eigenvalue weighted by molar-refractivity contribution is 5.97. The summed E-state index contributed by atoms with van der Waals surface area (Å²) in [7, 11) is 0. The van der Waals surface area contributed by atoms with Crippen LogP contribution in [0.1, 0.15) is 29.6 Å². The lowest BCUT2D eigenvalue weighted by molar-refractivity contribution is -0.123. The third kappa shape index (κ3) is 5.20. The molecule has 2 aromatic carbocycles. The Labute approximate surface area is 173 Å². The van der Waals surface area contributed by atoms with Crippen LogP contribution in [-0.2, 0) is 9.59 Å². The van der Waals surface area contributed by atoms with Crippen LogP contribution in [0, 0.1) is 17.6 Å². The number of anilines is 1. The van der Waals surface area contributed by atoms with Crippen LogP contribution in [0.5, 0.6) is 0 Å². The van der Waals surface area contributed by atoms with Gasteiger partial charge in [-0.2, -0.15) is 0 Å². The molecule has 158 valence electrons. The number of primary amides is 1. The third-order valence-corrected chi connectivity index (χ3v) is 5.21. The van der Waals surface area contributed by atoms with Gasteiger partial charge in [-0.15, -0.1) is 0 Å². The highest BCUT2D eigenvalue weighted by Gasteiger charge is 2.31. The number of hydrogen-bond donors (Lipinski definition) is 1. The SMILES string of the molecule is NC(=O)CCN(C(=O)C1CCN(C(=O)c2ccc(F)cc2)CC1)c1ccc(F)cc1. The predicted molar refractivity (Wildman–Crippen MR) is 108 cm³/mol. The van der Waals surface area contributed by atoms with E-state index in [1.807, 2.05) is 0 Å². The Kier molecular flexibility index (Phi) is 6.76. The molecule has 1 fully saturated rings. The van der Waals surface area contributed by atoms with E-state index in [9.17, 15) is 23.2 Å². The zero-order chi connectivity index (χ0) is 21.7. The molecule has 0 aromatic heterocycles. The summed E-state index contributed by atoms with van der Waals surface area (Å²) in [5.74, 6) is -2.09. The second-order valence-corrected chi connectivity index (χ2v) is 7.26. The molecule has 1 aliphatic heterocycles. The van der Waals surface area contributed by atoms with Crippen molar-refractivity contribution < 1.29 is 23.2 Å². The number of benzene rings is 2. The first-order valence-corrected chi connectivity index (χ1v) is 9.75. The first kappa shape index (κ1) is 21.4. The summed E-state index contributed by atoms with van der Waals surface area (Å²) < 4.78 is 26.3. The van der Waals surface area contributed by atoms with Crippen molar-refractivity contribution in [1.29, 1.82) is 0 Å². The summed E-state index contributed by atoms with van der Waals surface area (Å²) >= 11 is 0. The highest BCUT2D eigenvalue weighted by Crippen LogP contribution is 2.25. The number of nitrogens with two attached hydrogens (primary N) is 1. The van der Waals surface area contributed by atoms with Gasteiger partial charge in [-0.3, -0.25) is 14.4 Å². The minimum atomic E-state index is -0.533. The third-order valence-electron chi connectivity index (χ3n) is 5.21. The lowest BCUT2D eigenvalue weighted by Crippen LogP contribution is -2.45. The molecule has 3 rings (SSSR count). The number of nitrogens with zero attached hydrogens (tertiary/aromatic N) is 2. The Morgan fingerprint density at radius 1 is 0.933 bits per heavy atom. The molecule has 30 heavy (non-hydrogen) atoms. The second-order valence-electron chi connectivity index (χ2n) is 7.26. The topological polar surface area (TPSA) is 83.7 Å². The van der Waals surface area contributed by atoms with E-state index in [1.165, 1.54) is 53.4 Å². The van der Waals surface area contributed by atoms with Gasteiger partial charge >= 0.3 is 0 Å². The van der Waals surface area contributed by atoms with Crippen molar-refractivity contribution in [1.82, 2.24) is 4.90 Å². The standard InChI is InChI=1S/C22H23F2N3O3/c23-17-3-1-15(2-4-17)21(29)26-12-9-16(10-13-26)22(30)27(14-11-20(25)28)19-7-5-18(24)6-8-19/h1-8,16H,9-14H2,(H2,25,28). The first-order valence-electron chi connectivity index (χ1n) is 9.75. The number of halogens is 2. The van der Waals surface area contributed by atoms with Gasteiger partial charge < -0.3 is 15.5 Å². The molecule has 0 aliphatic carbocycles. The molecular formula is C22H23F2N3O3. The van der Waals surface area contributed by atoms with Crippen molar-refractivity contribution in [3.63, 3.8) is 0 Å². The molecular weight excluding hydrogens is 392 g/mol. The van der Waals surface area contributed by atoms with Gasteiger partial charge in [0.15, 0.2) is 0 Å². The van der Waals surface area contributed by atoms with E-state index in [1.54, 1.807) is 4.90 Å². The number of hydrogen-bond acceptors (Lipinski definition) is 3. The van der Waals surface area contributed by atoms with Crippen LogP contribution < -0.4 is 10.6 Å². The van der Waals surface area contributed by atoms with Crippen LogP contribution in [0.3, 0.4) is 0 Å². The molecule has 1 aliphatic rings. The molecule has 1 heterocycles. The molecule has 2 aromatic rings. The Morgan fingerprint density at radius 2 is 1.47 bits per heavy atom. The van der Waals surface area contributed by atoms with Gasteiger partial charge in [0, 0.05) is 43.2 Å². The van der Waals surface area contributed by atoms with Crippen LogP contribution in [0.15, 0.2) is 48.5 Å². The van der Waals surface area contributed by atoms with Crippen LogP contribution in [0.2, 0.25) is 0 Å². The molecule has 0 atom stereocenters. The number of amides is 3. The normalized spacial score (nSPS) is 14.4. The first-order chi connectivity index (χ1) is 14.3. The zero-order valence-corrected chi connectivity index (χ0v) is 16.4. The molecule has 0 radical (unpaired) electrons. The minimum absolute atomic E-state index is 0.00891. The fourth-order valence-electron chi connectivity index (χ4n) is 3.53. The van der Waals surface area contributed by atoms with Gasteiger partial charge in [0.05, 0.1) is 0 Å². The highest BCUT2D eigenvalue weighted by atomic mass is 19.1. The lowest BCUT2D eigenvalue weighted by Gasteiger charge is -2.34. The van der Waals surface area contributed by atoms with E-state index in [4.69, 9.17) is 5.73 Å². The summed E-state index contributed by atoms with van der Waals surface area (Å²) in [5.41, 5.74) is 6.12. The van der Waals surface area contributed by atoms with E-state index >= 15 is 0 Å². The molecule has 0 spiro atoms. The lowest BCUT2D eigenvalue weighted by atomic mass is 9.94. The predicted octanol–water partition coefficient (Wildman–Crippen LogP) is 2.73. The quantitative estimate of drug-likeness (QED) is 0.788. The van der Waals surface area contributed by atoms with Gasteiger partial charge in [-0.05, 0) is 61.4 Å². The number of likely N-dealkylation sites (tertiary alicyclic amines) is 1. The van der Waals surface area contributed by atoms with Crippen LogP contribution >= 0.6 is 0 Å². The summed E-state index contributed by atoms with van der Waals surface area (Å²) in [6.07, 6.45) is 0.908. The van der Waals surface area contributed by atoms with Gasteiger partial charge in [0.1, 0.15) is 11.6 Å². The average Bonchev–Trinajstić information content (AvgIpc) is 2.75. The summed E-state index contributed by atoms with van der Waals surface area (Å²) in [4.78, 5) is 40.0. The van der Waals surface area contributed by atoms with E-state index in [2.05, 4.69) is 0 Å². The maximum atomic E-state index is 13.3. The van der Waals surface area contributed by atoms with Crippen molar-refractivity contribution in [2.24, 2.45) is 11.7 Å². The van der Waals surface area contributed by atoms with Gasteiger partial charge in [-0.25, -0.2) is 8.78 Å². The molecule has 6 nitrogen and oxygen atoms in total. The maximum Gasteiger partial charge on any atom is 0.253 e.